The molecule has 1 unspecified atom stereocenters. The second-order valence-electron chi connectivity index (χ2n) is 6.96. The maximum atomic E-state index is 13.2. The fourth-order valence-electron chi connectivity index (χ4n) is 3.00. The fraction of sp³-hybridized carbons (Fsp3) is 0.417. The number of carbonyl (C=O) groups excluding carboxylic acids is 2. The SMILES string of the molecule is CCOc1cc(Cl)c(OCC)c(N=NC(C(C)=O)C(=O)N(Cl)c2cc(OCC)ccc2OCC)c1. The first-order valence-corrected chi connectivity index (χ1v) is 11.9. The summed E-state index contributed by atoms with van der Waals surface area (Å²) >= 11 is 12.7. The third-order valence-corrected chi connectivity index (χ3v) is 5.07. The number of rotatable bonds is 13. The van der Waals surface area contributed by atoms with Crippen molar-refractivity contribution >= 4 is 46.4 Å². The van der Waals surface area contributed by atoms with Crippen molar-refractivity contribution in [3.05, 3.63) is 35.4 Å². The van der Waals surface area contributed by atoms with Crippen LogP contribution in [0, 0.1) is 0 Å². The molecule has 0 aliphatic rings. The molecule has 0 saturated heterocycles. The van der Waals surface area contributed by atoms with Gasteiger partial charge in [0.25, 0.3) is 5.91 Å². The van der Waals surface area contributed by atoms with E-state index in [-0.39, 0.29) is 22.1 Å². The number of nitrogens with zero attached hydrogens (tertiary/aromatic N) is 3. The maximum absolute atomic E-state index is 13.2. The normalized spacial score (nSPS) is 11.7. The summed E-state index contributed by atoms with van der Waals surface area (Å²) in [6.45, 7) is 9.93. The Labute approximate surface area is 215 Å². The third-order valence-electron chi connectivity index (χ3n) is 4.44. The molecule has 0 saturated carbocycles. The van der Waals surface area contributed by atoms with Crippen LogP contribution in [0.25, 0.3) is 0 Å². The summed E-state index contributed by atoms with van der Waals surface area (Å²) in [7, 11) is 0. The Morgan fingerprint density at radius 2 is 1.54 bits per heavy atom. The number of azo groups is 1. The zero-order chi connectivity index (χ0) is 26.0. The molecule has 2 aromatic carbocycles. The van der Waals surface area contributed by atoms with Crippen molar-refractivity contribution in [2.45, 2.75) is 40.7 Å². The number of carbonyl (C=O) groups is 2. The van der Waals surface area contributed by atoms with Crippen LogP contribution in [-0.4, -0.2) is 44.2 Å². The molecule has 11 heteroatoms. The molecule has 0 aliphatic heterocycles. The number of ketones is 1. The van der Waals surface area contributed by atoms with Crippen molar-refractivity contribution < 1.29 is 28.5 Å². The van der Waals surface area contributed by atoms with Gasteiger partial charge in [-0.2, -0.15) is 10.2 Å². The molecule has 0 fully saturated rings. The highest BCUT2D eigenvalue weighted by Gasteiger charge is 2.31. The Hall–Kier alpha value is -3.04. The first-order chi connectivity index (χ1) is 16.8. The number of halogens is 2. The predicted octanol–water partition coefficient (Wildman–Crippen LogP) is 6.16. The highest BCUT2D eigenvalue weighted by molar-refractivity contribution is 6.39. The van der Waals surface area contributed by atoms with E-state index >= 15 is 0 Å². The molecule has 0 spiro atoms. The van der Waals surface area contributed by atoms with Gasteiger partial charge < -0.3 is 18.9 Å². The minimum absolute atomic E-state index is 0.205. The van der Waals surface area contributed by atoms with Crippen LogP contribution in [0.5, 0.6) is 23.0 Å². The third kappa shape index (κ3) is 7.47. The predicted molar refractivity (Wildman–Crippen MR) is 135 cm³/mol. The van der Waals surface area contributed by atoms with Gasteiger partial charge in [-0.3, -0.25) is 9.59 Å². The molecular weight excluding hydrogens is 497 g/mol. The van der Waals surface area contributed by atoms with Crippen LogP contribution in [0.2, 0.25) is 5.02 Å². The Morgan fingerprint density at radius 1 is 0.914 bits per heavy atom. The van der Waals surface area contributed by atoms with Crippen LogP contribution in [-0.2, 0) is 9.59 Å². The molecule has 0 radical (unpaired) electrons. The highest BCUT2D eigenvalue weighted by Crippen LogP contribution is 2.40. The molecule has 2 aromatic rings. The van der Waals surface area contributed by atoms with E-state index in [9.17, 15) is 9.59 Å². The zero-order valence-corrected chi connectivity index (χ0v) is 21.9. The lowest BCUT2D eigenvalue weighted by Crippen LogP contribution is -2.36. The van der Waals surface area contributed by atoms with Crippen LogP contribution in [0.1, 0.15) is 34.6 Å². The largest absolute Gasteiger partial charge is 0.494 e. The molecule has 9 nitrogen and oxygen atoms in total. The summed E-state index contributed by atoms with van der Waals surface area (Å²) in [5.41, 5.74) is 0.415. The van der Waals surface area contributed by atoms with Crippen molar-refractivity contribution in [2.24, 2.45) is 10.2 Å². The lowest BCUT2D eigenvalue weighted by Gasteiger charge is -2.20. The van der Waals surface area contributed by atoms with Crippen molar-refractivity contribution in [1.82, 2.24) is 0 Å². The molecule has 0 N–H and O–H groups in total. The van der Waals surface area contributed by atoms with Gasteiger partial charge in [0, 0.05) is 30.0 Å². The molecule has 35 heavy (non-hydrogen) atoms. The van der Waals surface area contributed by atoms with Gasteiger partial charge in [0.15, 0.2) is 11.5 Å². The van der Waals surface area contributed by atoms with Crippen molar-refractivity contribution in [3.8, 4) is 23.0 Å². The van der Waals surface area contributed by atoms with Crippen LogP contribution < -0.4 is 23.4 Å². The Morgan fingerprint density at radius 3 is 2.14 bits per heavy atom. The number of amides is 1. The van der Waals surface area contributed by atoms with E-state index in [1.165, 1.54) is 6.92 Å². The molecule has 1 atom stereocenters. The zero-order valence-electron chi connectivity index (χ0n) is 20.3. The van der Waals surface area contributed by atoms with Crippen molar-refractivity contribution in [2.75, 3.05) is 30.8 Å². The Balaban J connectivity index is 2.45. The first kappa shape index (κ1) is 28.2. The summed E-state index contributed by atoms with van der Waals surface area (Å²) in [6, 6.07) is 6.49. The number of hydrogen-bond donors (Lipinski definition) is 0. The second-order valence-corrected chi connectivity index (χ2v) is 7.71. The number of Topliss-reactive ketones (excluding diaryl/α,β-unsaturated/α-hetero) is 1. The van der Waals surface area contributed by atoms with E-state index in [2.05, 4.69) is 10.2 Å². The second kappa shape index (κ2) is 13.7. The molecule has 0 aromatic heterocycles. The van der Waals surface area contributed by atoms with Gasteiger partial charge in [-0.25, -0.2) is 4.42 Å². The summed E-state index contributed by atoms with van der Waals surface area (Å²) < 4.78 is 22.9. The Kier molecular flexibility index (Phi) is 11.1. The summed E-state index contributed by atoms with van der Waals surface area (Å²) in [4.78, 5) is 25.6. The maximum Gasteiger partial charge on any atom is 0.276 e. The molecule has 0 aliphatic carbocycles. The number of anilines is 1. The van der Waals surface area contributed by atoms with E-state index in [0.29, 0.717) is 43.7 Å². The molecule has 0 bridgehead atoms. The van der Waals surface area contributed by atoms with E-state index in [4.69, 9.17) is 42.3 Å². The number of benzene rings is 2. The minimum Gasteiger partial charge on any atom is -0.494 e. The van der Waals surface area contributed by atoms with Crippen LogP contribution in [0.4, 0.5) is 11.4 Å². The summed E-state index contributed by atoms with van der Waals surface area (Å²) in [5.74, 6) is 0.133. The first-order valence-electron chi connectivity index (χ1n) is 11.2. The quantitative estimate of drug-likeness (QED) is 0.176. The van der Waals surface area contributed by atoms with Crippen LogP contribution in [0.3, 0.4) is 0 Å². The van der Waals surface area contributed by atoms with E-state index in [1.54, 1.807) is 44.2 Å². The molecule has 2 rings (SSSR count). The van der Waals surface area contributed by atoms with Gasteiger partial charge >= 0.3 is 0 Å². The van der Waals surface area contributed by atoms with Gasteiger partial charge in [0.2, 0.25) is 6.04 Å². The van der Waals surface area contributed by atoms with Crippen molar-refractivity contribution in [1.29, 1.82) is 0 Å². The highest BCUT2D eigenvalue weighted by atomic mass is 35.5. The van der Waals surface area contributed by atoms with Gasteiger partial charge in [-0.1, -0.05) is 11.6 Å². The topological polar surface area (TPSA) is 99.0 Å². The van der Waals surface area contributed by atoms with E-state index < -0.39 is 17.7 Å². The minimum atomic E-state index is -1.53. The summed E-state index contributed by atoms with van der Waals surface area (Å²) in [6.07, 6.45) is 0. The van der Waals surface area contributed by atoms with Gasteiger partial charge in [-0.15, -0.1) is 0 Å². The number of hydrogen-bond acceptors (Lipinski definition) is 8. The van der Waals surface area contributed by atoms with E-state index in [1.807, 2.05) is 13.8 Å². The van der Waals surface area contributed by atoms with Crippen LogP contribution in [0.15, 0.2) is 40.6 Å². The monoisotopic (exact) mass is 525 g/mol. The average Bonchev–Trinajstić information content (AvgIpc) is 2.82. The lowest BCUT2D eigenvalue weighted by atomic mass is 10.2. The average molecular weight is 526 g/mol. The summed E-state index contributed by atoms with van der Waals surface area (Å²) in [5, 5.41) is 8.35. The van der Waals surface area contributed by atoms with E-state index in [0.717, 1.165) is 4.42 Å². The molecule has 190 valence electrons. The smallest absolute Gasteiger partial charge is 0.276 e. The standard InChI is InChI=1S/C24H29Cl2N3O6/c1-6-32-16-10-11-21(34-8-3)20(14-16)29(26)24(31)22(15(5)30)28-27-19-13-17(33-7-2)12-18(25)23(19)35-9-4/h10-14,22H,6-9H2,1-5H3. The van der Waals surface area contributed by atoms with Crippen LogP contribution >= 0.6 is 23.4 Å². The molecule has 1 amide bonds. The fourth-order valence-corrected chi connectivity index (χ4v) is 3.48. The Bertz CT molecular complexity index is 1060. The van der Waals surface area contributed by atoms with Gasteiger partial charge in [0.1, 0.15) is 28.6 Å². The van der Waals surface area contributed by atoms with Gasteiger partial charge in [-0.05, 0) is 46.8 Å². The molecular formula is C24H29Cl2N3O6. The van der Waals surface area contributed by atoms with Gasteiger partial charge in [0.05, 0.1) is 31.5 Å². The molecule has 0 heterocycles. The number of ether oxygens (including phenoxy) is 4. The van der Waals surface area contributed by atoms with Crippen molar-refractivity contribution in [3.63, 3.8) is 0 Å². The lowest BCUT2D eigenvalue weighted by molar-refractivity contribution is -0.126.